The van der Waals surface area contributed by atoms with Crippen LogP contribution in [0.25, 0.3) is 0 Å². The van der Waals surface area contributed by atoms with E-state index in [-0.39, 0.29) is 10.7 Å². The van der Waals surface area contributed by atoms with Gasteiger partial charge in [0.1, 0.15) is 0 Å². The molecule has 6 heteroatoms. The first-order valence-electron chi connectivity index (χ1n) is 5.84. The molecule has 3 N–H and O–H groups in total. The highest BCUT2D eigenvalue weighted by molar-refractivity contribution is 7.89. The lowest BCUT2D eigenvalue weighted by Crippen LogP contribution is -2.27. The Morgan fingerprint density at radius 1 is 1.11 bits per heavy atom. The van der Waals surface area contributed by atoms with Gasteiger partial charge in [0, 0.05) is 12.7 Å². The summed E-state index contributed by atoms with van der Waals surface area (Å²) in [6, 6.07) is 12.8. The predicted octanol–water partition coefficient (Wildman–Crippen LogP) is 1.18. The van der Waals surface area contributed by atoms with Crippen molar-refractivity contribution in [3.8, 4) is 0 Å². The highest BCUT2D eigenvalue weighted by atomic mass is 32.2. The Labute approximate surface area is 112 Å². The fourth-order valence-electron chi connectivity index (χ4n) is 1.67. The van der Waals surface area contributed by atoms with Gasteiger partial charge < -0.3 is 5.73 Å². The van der Waals surface area contributed by atoms with Crippen molar-refractivity contribution in [2.24, 2.45) is 0 Å². The molecule has 0 saturated heterocycles. The molecule has 0 bridgehead atoms. The lowest BCUT2D eigenvalue weighted by Gasteiger charge is -2.07. The molecule has 1 aromatic heterocycles. The Balaban J connectivity index is 2.01. The molecule has 0 saturated carbocycles. The summed E-state index contributed by atoms with van der Waals surface area (Å²) in [6.45, 7) is 0.308. The van der Waals surface area contributed by atoms with Crippen molar-refractivity contribution in [2.45, 2.75) is 11.4 Å². The SMILES string of the molecule is Nc1cccnc1S(=O)(=O)NCCc1ccccc1. The second-order valence-corrected chi connectivity index (χ2v) is 5.71. The normalized spacial score (nSPS) is 11.4. The predicted molar refractivity (Wildman–Crippen MR) is 74.0 cm³/mol. The molecule has 0 unspecified atom stereocenters. The number of hydrogen-bond acceptors (Lipinski definition) is 4. The number of pyridine rings is 1. The van der Waals surface area contributed by atoms with E-state index in [2.05, 4.69) is 9.71 Å². The van der Waals surface area contributed by atoms with E-state index in [0.717, 1.165) is 5.56 Å². The average molecular weight is 277 g/mol. The molecule has 0 atom stereocenters. The van der Waals surface area contributed by atoms with E-state index in [9.17, 15) is 8.42 Å². The quantitative estimate of drug-likeness (QED) is 0.859. The zero-order valence-electron chi connectivity index (χ0n) is 10.3. The number of sulfonamides is 1. The molecule has 0 radical (unpaired) electrons. The number of anilines is 1. The van der Waals surface area contributed by atoms with Crippen molar-refractivity contribution >= 4 is 15.7 Å². The van der Waals surface area contributed by atoms with Crippen LogP contribution < -0.4 is 10.5 Å². The number of nitrogens with two attached hydrogens (primary N) is 1. The van der Waals surface area contributed by atoms with Gasteiger partial charge in [-0.1, -0.05) is 30.3 Å². The fraction of sp³-hybridized carbons (Fsp3) is 0.154. The van der Waals surface area contributed by atoms with Crippen molar-refractivity contribution in [3.05, 3.63) is 54.2 Å². The maximum atomic E-state index is 12.0. The minimum atomic E-state index is -3.65. The van der Waals surface area contributed by atoms with Gasteiger partial charge >= 0.3 is 0 Å². The smallest absolute Gasteiger partial charge is 0.260 e. The third-order valence-corrected chi connectivity index (χ3v) is 4.04. The Morgan fingerprint density at radius 2 is 1.84 bits per heavy atom. The maximum Gasteiger partial charge on any atom is 0.260 e. The summed E-state index contributed by atoms with van der Waals surface area (Å²) in [5.41, 5.74) is 6.82. The van der Waals surface area contributed by atoms with Crippen molar-refractivity contribution in [1.29, 1.82) is 0 Å². The molecule has 0 aliphatic rings. The number of rotatable bonds is 5. The minimum absolute atomic E-state index is 0.122. The summed E-state index contributed by atoms with van der Waals surface area (Å²) in [4.78, 5) is 3.80. The van der Waals surface area contributed by atoms with Crippen LogP contribution in [-0.4, -0.2) is 19.9 Å². The molecule has 2 aromatic rings. The average Bonchev–Trinajstić information content (AvgIpc) is 2.40. The summed E-state index contributed by atoms with van der Waals surface area (Å²) in [5, 5.41) is -0.122. The molecule has 0 aliphatic heterocycles. The van der Waals surface area contributed by atoms with Gasteiger partial charge in [-0.05, 0) is 24.1 Å². The number of aromatic nitrogens is 1. The van der Waals surface area contributed by atoms with E-state index in [0.29, 0.717) is 13.0 Å². The summed E-state index contributed by atoms with van der Waals surface area (Å²) >= 11 is 0. The van der Waals surface area contributed by atoms with Crippen LogP contribution in [0.1, 0.15) is 5.56 Å². The van der Waals surface area contributed by atoms with Crippen LogP contribution in [0.15, 0.2) is 53.7 Å². The third-order valence-electron chi connectivity index (χ3n) is 2.60. The van der Waals surface area contributed by atoms with Crippen molar-refractivity contribution in [3.63, 3.8) is 0 Å². The van der Waals surface area contributed by atoms with Crippen molar-refractivity contribution < 1.29 is 8.42 Å². The Bertz CT molecular complexity index is 642. The van der Waals surface area contributed by atoms with Crippen molar-refractivity contribution in [1.82, 2.24) is 9.71 Å². The number of nitrogens with zero attached hydrogens (tertiary/aromatic N) is 1. The van der Waals surface area contributed by atoms with Gasteiger partial charge in [-0.25, -0.2) is 18.1 Å². The summed E-state index contributed by atoms with van der Waals surface area (Å²) in [7, 11) is -3.65. The van der Waals surface area contributed by atoms with Crippen LogP contribution >= 0.6 is 0 Å². The number of nitrogen functional groups attached to an aromatic ring is 1. The van der Waals surface area contributed by atoms with Gasteiger partial charge in [-0.2, -0.15) is 0 Å². The van der Waals surface area contributed by atoms with E-state index in [1.807, 2.05) is 30.3 Å². The highest BCUT2D eigenvalue weighted by Crippen LogP contribution is 2.13. The van der Waals surface area contributed by atoms with E-state index >= 15 is 0 Å². The van der Waals surface area contributed by atoms with Gasteiger partial charge in [0.05, 0.1) is 5.69 Å². The summed E-state index contributed by atoms with van der Waals surface area (Å²) < 4.78 is 26.5. The third kappa shape index (κ3) is 3.52. The number of nitrogens with one attached hydrogen (secondary N) is 1. The minimum Gasteiger partial charge on any atom is -0.396 e. The first kappa shape index (κ1) is 13.5. The Kier molecular flexibility index (Phi) is 4.13. The number of hydrogen-bond donors (Lipinski definition) is 2. The largest absolute Gasteiger partial charge is 0.396 e. The molecule has 5 nitrogen and oxygen atoms in total. The molecular weight excluding hydrogens is 262 g/mol. The second kappa shape index (κ2) is 5.81. The van der Waals surface area contributed by atoms with E-state index in [1.54, 1.807) is 6.07 Å². The molecular formula is C13H15N3O2S. The molecule has 0 amide bonds. The lowest BCUT2D eigenvalue weighted by molar-refractivity contribution is 0.578. The molecule has 19 heavy (non-hydrogen) atoms. The van der Waals surface area contributed by atoms with E-state index in [1.165, 1.54) is 12.3 Å². The molecule has 0 fully saturated rings. The topological polar surface area (TPSA) is 85.1 Å². The Hall–Kier alpha value is -1.92. The first-order valence-corrected chi connectivity index (χ1v) is 7.32. The van der Waals surface area contributed by atoms with Crippen molar-refractivity contribution in [2.75, 3.05) is 12.3 Å². The number of benzene rings is 1. The van der Waals surface area contributed by atoms with E-state index in [4.69, 9.17) is 5.73 Å². The van der Waals surface area contributed by atoms with Gasteiger partial charge in [0.25, 0.3) is 10.0 Å². The van der Waals surface area contributed by atoms with Crippen LogP contribution in [-0.2, 0) is 16.4 Å². The van der Waals surface area contributed by atoms with E-state index < -0.39 is 10.0 Å². The summed E-state index contributed by atoms with van der Waals surface area (Å²) in [5.74, 6) is 0. The highest BCUT2D eigenvalue weighted by Gasteiger charge is 2.17. The van der Waals surface area contributed by atoms with Gasteiger partial charge in [-0.15, -0.1) is 0 Å². The van der Waals surface area contributed by atoms with Gasteiger partial charge in [0.2, 0.25) is 0 Å². The molecule has 1 aromatic carbocycles. The van der Waals surface area contributed by atoms with Crippen LogP contribution in [0.5, 0.6) is 0 Å². The first-order chi connectivity index (χ1) is 9.09. The lowest BCUT2D eigenvalue weighted by atomic mass is 10.2. The summed E-state index contributed by atoms with van der Waals surface area (Å²) in [6.07, 6.45) is 2.02. The standard InChI is InChI=1S/C13H15N3O2S/c14-12-7-4-9-15-13(12)19(17,18)16-10-8-11-5-2-1-3-6-11/h1-7,9,16H,8,10,14H2. The van der Waals surface area contributed by atoms with Crippen LogP contribution in [0.2, 0.25) is 0 Å². The zero-order valence-corrected chi connectivity index (χ0v) is 11.1. The molecule has 100 valence electrons. The Morgan fingerprint density at radius 3 is 2.53 bits per heavy atom. The van der Waals surface area contributed by atoms with Gasteiger partial charge in [0.15, 0.2) is 5.03 Å². The monoisotopic (exact) mass is 277 g/mol. The van der Waals surface area contributed by atoms with Crippen LogP contribution in [0.3, 0.4) is 0 Å². The fourth-order valence-corrected chi connectivity index (χ4v) is 2.76. The molecule has 1 heterocycles. The zero-order chi connectivity index (χ0) is 13.7. The maximum absolute atomic E-state index is 12.0. The van der Waals surface area contributed by atoms with Crippen LogP contribution in [0, 0.1) is 0 Å². The second-order valence-electron chi connectivity index (χ2n) is 4.03. The molecule has 0 spiro atoms. The molecule has 2 rings (SSSR count). The van der Waals surface area contributed by atoms with Gasteiger partial charge in [-0.3, -0.25) is 0 Å². The molecule has 0 aliphatic carbocycles. The van der Waals surface area contributed by atoms with Crippen LogP contribution in [0.4, 0.5) is 5.69 Å².